The van der Waals surface area contributed by atoms with E-state index in [4.69, 9.17) is 9.47 Å². The fourth-order valence-corrected chi connectivity index (χ4v) is 6.01. The SMILES string of the molecule is C=C(N[C@H](Cc1ccc(OC2CC(O)CC(CO)O2)cc1)C(C)=O)N1CCC(N2CCc3ccccc3NC2=O)CC1. The molecule has 3 aliphatic heterocycles. The molecule has 2 amide bonds. The Hall–Kier alpha value is -3.60. The molecule has 0 radical (unpaired) electrons. The summed E-state index contributed by atoms with van der Waals surface area (Å²) in [6, 6.07) is 15.1. The van der Waals surface area contributed by atoms with Crippen molar-refractivity contribution in [2.45, 2.75) is 76.0 Å². The number of nitrogens with zero attached hydrogens (tertiary/aromatic N) is 2. The lowest BCUT2D eigenvalue weighted by Gasteiger charge is -2.40. The van der Waals surface area contributed by atoms with Gasteiger partial charge in [-0.15, -0.1) is 0 Å². The van der Waals surface area contributed by atoms with E-state index in [-0.39, 0.29) is 24.5 Å². The van der Waals surface area contributed by atoms with E-state index in [0.29, 0.717) is 37.4 Å². The average Bonchev–Trinajstić information content (AvgIpc) is 3.15. The summed E-state index contributed by atoms with van der Waals surface area (Å²) in [7, 11) is 0. The number of urea groups is 1. The van der Waals surface area contributed by atoms with E-state index >= 15 is 0 Å². The van der Waals surface area contributed by atoms with Gasteiger partial charge in [0.25, 0.3) is 0 Å². The second-order valence-electron chi connectivity index (χ2n) is 11.5. The van der Waals surface area contributed by atoms with Crippen LogP contribution in [0.2, 0.25) is 0 Å². The first-order valence-corrected chi connectivity index (χ1v) is 14.9. The third-order valence-electron chi connectivity index (χ3n) is 8.44. The molecule has 0 aliphatic carbocycles. The molecule has 3 unspecified atom stereocenters. The molecule has 4 atom stereocenters. The molecule has 4 N–H and O–H groups in total. The maximum Gasteiger partial charge on any atom is 0.322 e. The summed E-state index contributed by atoms with van der Waals surface area (Å²) in [5.41, 5.74) is 3.02. The standard InChI is InChI=1S/C32H42N4O6/c1-21(38)30(17-23-7-9-27(10-8-23)41-31-19-26(39)18-28(20-37)42-31)33-22(2)35-14-12-25(13-15-35)36-16-11-24-5-3-4-6-29(24)34-32(36)40/h3-10,25-26,28,30-31,33,37,39H,2,11-20H2,1H3,(H,34,40)/t26?,28?,30-,31?/m1/s1. The van der Waals surface area contributed by atoms with E-state index in [2.05, 4.69) is 28.2 Å². The number of carbonyl (C=O) groups is 2. The van der Waals surface area contributed by atoms with Gasteiger partial charge in [-0.2, -0.15) is 0 Å². The number of ketones is 1. The predicted molar refractivity (Wildman–Crippen MR) is 159 cm³/mol. The van der Waals surface area contributed by atoms with Crippen LogP contribution in [0.4, 0.5) is 10.5 Å². The Morgan fingerprint density at radius 2 is 1.88 bits per heavy atom. The lowest BCUT2D eigenvalue weighted by molar-refractivity contribution is -0.184. The number of aliphatic hydroxyl groups excluding tert-OH is 2. The van der Waals surface area contributed by atoms with Crippen molar-refractivity contribution in [2.75, 3.05) is 31.6 Å². The van der Waals surface area contributed by atoms with Gasteiger partial charge in [0.2, 0.25) is 6.29 Å². The number of anilines is 1. The molecule has 0 saturated carbocycles. The molecule has 3 heterocycles. The molecule has 0 bridgehead atoms. The summed E-state index contributed by atoms with van der Waals surface area (Å²) in [5.74, 6) is 1.33. The van der Waals surface area contributed by atoms with Crippen molar-refractivity contribution >= 4 is 17.5 Å². The Morgan fingerprint density at radius 1 is 1.14 bits per heavy atom. The van der Waals surface area contributed by atoms with Gasteiger partial charge >= 0.3 is 6.03 Å². The highest BCUT2D eigenvalue weighted by atomic mass is 16.7. The number of rotatable bonds is 10. The first-order chi connectivity index (χ1) is 20.3. The Labute approximate surface area is 247 Å². The minimum atomic E-state index is -0.624. The number of aliphatic hydroxyl groups is 2. The molecule has 0 spiro atoms. The lowest BCUT2D eigenvalue weighted by atomic mass is 10.0. The largest absolute Gasteiger partial charge is 0.465 e. The Kier molecular flexibility index (Phi) is 9.66. The van der Waals surface area contributed by atoms with Gasteiger partial charge in [-0.25, -0.2) is 4.79 Å². The topological polar surface area (TPSA) is 124 Å². The van der Waals surface area contributed by atoms with Crippen molar-refractivity contribution in [3.05, 3.63) is 72.1 Å². The normalized spacial score (nSPS) is 23.8. The Bertz CT molecular complexity index is 1250. The Morgan fingerprint density at radius 3 is 2.60 bits per heavy atom. The number of piperidine rings is 1. The van der Waals surface area contributed by atoms with Gasteiger partial charge in [0.1, 0.15) is 5.75 Å². The van der Waals surface area contributed by atoms with Gasteiger partial charge in [0, 0.05) is 44.2 Å². The highest BCUT2D eigenvalue weighted by Crippen LogP contribution is 2.26. The Balaban J connectivity index is 1.10. The molecule has 2 saturated heterocycles. The van der Waals surface area contributed by atoms with E-state index in [9.17, 15) is 19.8 Å². The quantitative estimate of drug-likeness (QED) is 0.339. The predicted octanol–water partition coefficient (Wildman–Crippen LogP) is 3.04. The van der Waals surface area contributed by atoms with Crippen LogP contribution >= 0.6 is 0 Å². The van der Waals surface area contributed by atoms with Crippen LogP contribution in [0.25, 0.3) is 0 Å². The van der Waals surface area contributed by atoms with Crippen molar-refractivity contribution < 1.29 is 29.3 Å². The molecular formula is C32H42N4O6. The van der Waals surface area contributed by atoms with Gasteiger partial charge in [-0.3, -0.25) is 4.79 Å². The number of para-hydroxylation sites is 1. The zero-order valence-electron chi connectivity index (χ0n) is 24.2. The van der Waals surface area contributed by atoms with Crippen LogP contribution in [0.5, 0.6) is 5.75 Å². The second-order valence-corrected chi connectivity index (χ2v) is 11.5. The zero-order chi connectivity index (χ0) is 29.6. The van der Waals surface area contributed by atoms with Crippen molar-refractivity contribution in [1.82, 2.24) is 15.1 Å². The maximum absolute atomic E-state index is 12.9. The van der Waals surface area contributed by atoms with Crippen molar-refractivity contribution in [3.63, 3.8) is 0 Å². The fourth-order valence-electron chi connectivity index (χ4n) is 6.01. The summed E-state index contributed by atoms with van der Waals surface area (Å²) < 4.78 is 11.5. The van der Waals surface area contributed by atoms with E-state index in [1.807, 2.05) is 47.4 Å². The van der Waals surface area contributed by atoms with Crippen LogP contribution in [-0.2, 0) is 22.4 Å². The van der Waals surface area contributed by atoms with Gasteiger partial charge in [0.15, 0.2) is 5.78 Å². The molecule has 3 aliphatic rings. The van der Waals surface area contributed by atoms with Crippen LogP contribution in [0, 0.1) is 0 Å². The first-order valence-electron chi connectivity index (χ1n) is 14.9. The van der Waals surface area contributed by atoms with Crippen molar-refractivity contribution in [3.8, 4) is 5.75 Å². The molecule has 2 aromatic carbocycles. The summed E-state index contributed by atoms with van der Waals surface area (Å²) in [6.45, 7) is 7.84. The maximum atomic E-state index is 12.9. The number of benzene rings is 2. The van der Waals surface area contributed by atoms with E-state index in [1.54, 1.807) is 6.92 Å². The zero-order valence-corrected chi connectivity index (χ0v) is 24.2. The van der Waals surface area contributed by atoms with Crippen LogP contribution in [-0.4, -0.2) is 88.7 Å². The van der Waals surface area contributed by atoms with Gasteiger partial charge in [0.05, 0.1) is 30.7 Å². The number of hydrogen-bond donors (Lipinski definition) is 4. The van der Waals surface area contributed by atoms with E-state index in [1.165, 1.54) is 0 Å². The number of carbonyl (C=O) groups excluding carboxylic acids is 2. The van der Waals surface area contributed by atoms with E-state index in [0.717, 1.165) is 49.2 Å². The summed E-state index contributed by atoms with van der Waals surface area (Å²) in [5, 5.41) is 25.8. The monoisotopic (exact) mass is 578 g/mol. The molecule has 2 aromatic rings. The van der Waals surface area contributed by atoms with Crippen molar-refractivity contribution in [1.29, 1.82) is 0 Å². The number of hydrogen-bond acceptors (Lipinski definition) is 8. The molecule has 0 aromatic heterocycles. The molecule has 42 heavy (non-hydrogen) atoms. The average molecular weight is 579 g/mol. The van der Waals surface area contributed by atoms with Crippen LogP contribution < -0.4 is 15.4 Å². The number of Topliss-reactive ketones (excluding diaryl/α,β-unsaturated/α-hetero) is 1. The van der Waals surface area contributed by atoms with Crippen LogP contribution in [0.3, 0.4) is 0 Å². The highest BCUT2D eigenvalue weighted by molar-refractivity contribution is 5.91. The van der Waals surface area contributed by atoms with Gasteiger partial charge < -0.3 is 40.1 Å². The van der Waals surface area contributed by atoms with Crippen LogP contribution in [0.15, 0.2) is 60.9 Å². The molecule has 2 fully saturated rings. The molecule has 226 valence electrons. The van der Waals surface area contributed by atoms with Crippen LogP contribution in [0.1, 0.15) is 43.7 Å². The summed E-state index contributed by atoms with van der Waals surface area (Å²) in [4.78, 5) is 29.6. The second kappa shape index (κ2) is 13.6. The van der Waals surface area contributed by atoms with Crippen molar-refractivity contribution in [2.24, 2.45) is 0 Å². The first kappa shape index (κ1) is 29.9. The number of amides is 2. The van der Waals surface area contributed by atoms with Gasteiger partial charge in [-0.1, -0.05) is 36.9 Å². The minimum Gasteiger partial charge on any atom is -0.465 e. The highest BCUT2D eigenvalue weighted by Gasteiger charge is 2.31. The van der Waals surface area contributed by atoms with E-state index < -0.39 is 24.5 Å². The number of nitrogens with one attached hydrogen (secondary N) is 2. The molecule has 10 heteroatoms. The smallest absolute Gasteiger partial charge is 0.322 e. The third kappa shape index (κ3) is 7.42. The molecule has 5 rings (SSSR count). The third-order valence-corrected chi connectivity index (χ3v) is 8.44. The number of fused-ring (bicyclic) bond motifs is 1. The van der Waals surface area contributed by atoms with Gasteiger partial charge in [-0.05, 0) is 61.9 Å². The number of ether oxygens (including phenoxy) is 2. The lowest BCUT2D eigenvalue weighted by Crippen LogP contribution is -2.50. The number of likely N-dealkylation sites (tertiary alicyclic amines) is 1. The molecular weight excluding hydrogens is 536 g/mol. The summed E-state index contributed by atoms with van der Waals surface area (Å²) >= 11 is 0. The minimum absolute atomic E-state index is 0.0202. The summed E-state index contributed by atoms with van der Waals surface area (Å²) in [6.07, 6.45) is 2.08. The fraction of sp³-hybridized carbons (Fsp3) is 0.500. The molecule has 10 nitrogen and oxygen atoms in total.